The maximum absolute atomic E-state index is 8.59. The van der Waals surface area contributed by atoms with E-state index in [0.29, 0.717) is 12.3 Å². The fourth-order valence-electron chi connectivity index (χ4n) is 1.80. The first-order valence-corrected chi connectivity index (χ1v) is 5.59. The van der Waals surface area contributed by atoms with E-state index in [9.17, 15) is 0 Å². The average molecular weight is 224 g/mol. The molecule has 16 heavy (non-hydrogen) atoms. The number of imidazole rings is 1. The van der Waals surface area contributed by atoms with Gasteiger partial charge in [-0.3, -0.25) is 0 Å². The van der Waals surface area contributed by atoms with E-state index in [1.807, 2.05) is 6.20 Å². The maximum atomic E-state index is 8.59. The Bertz CT molecular complexity index is 357. The Morgan fingerprint density at radius 1 is 1.62 bits per heavy atom. The van der Waals surface area contributed by atoms with E-state index in [4.69, 9.17) is 10.9 Å². The number of amidine groups is 1. The molecule has 1 heterocycles. The van der Waals surface area contributed by atoms with Crippen LogP contribution in [0.4, 0.5) is 0 Å². The van der Waals surface area contributed by atoms with Crippen LogP contribution in [-0.4, -0.2) is 20.6 Å². The van der Waals surface area contributed by atoms with Crippen LogP contribution >= 0.6 is 0 Å². The van der Waals surface area contributed by atoms with Gasteiger partial charge in [0.1, 0.15) is 11.7 Å². The summed E-state index contributed by atoms with van der Waals surface area (Å²) < 4.78 is 2.11. The Morgan fingerprint density at radius 2 is 2.31 bits per heavy atom. The average Bonchev–Trinajstić information content (AvgIpc) is 2.74. The second-order valence-corrected chi connectivity index (χ2v) is 4.20. The molecule has 1 atom stereocenters. The first kappa shape index (κ1) is 12.5. The number of rotatable bonds is 5. The molecule has 3 N–H and O–H groups in total. The highest BCUT2D eigenvalue weighted by atomic mass is 16.4. The van der Waals surface area contributed by atoms with Crippen molar-refractivity contribution in [3.8, 4) is 0 Å². The minimum Gasteiger partial charge on any atom is -0.409 e. The van der Waals surface area contributed by atoms with Gasteiger partial charge < -0.3 is 15.5 Å². The van der Waals surface area contributed by atoms with Crippen molar-refractivity contribution >= 4 is 5.84 Å². The SMILES string of the molecule is CCC(C/C(N)=N/O)n1ccnc1C(C)C. The molecule has 0 saturated heterocycles. The predicted octanol–water partition coefficient (Wildman–Crippen LogP) is 2.09. The number of nitrogens with zero attached hydrogens (tertiary/aromatic N) is 3. The molecule has 0 aromatic carbocycles. The Hall–Kier alpha value is -1.52. The van der Waals surface area contributed by atoms with Gasteiger partial charge in [-0.05, 0) is 6.42 Å². The second kappa shape index (κ2) is 5.53. The van der Waals surface area contributed by atoms with E-state index in [-0.39, 0.29) is 11.9 Å². The van der Waals surface area contributed by atoms with Gasteiger partial charge in [0.25, 0.3) is 0 Å². The summed E-state index contributed by atoms with van der Waals surface area (Å²) in [6, 6.07) is 0.204. The Balaban J connectivity index is 2.90. The van der Waals surface area contributed by atoms with Crippen molar-refractivity contribution in [1.29, 1.82) is 0 Å². The Morgan fingerprint density at radius 3 is 2.81 bits per heavy atom. The van der Waals surface area contributed by atoms with Crippen molar-refractivity contribution in [1.82, 2.24) is 9.55 Å². The standard InChI is InChI=1S/C11H20N4O/c1-4-9(7-10(12)14-16)15-6-5-13-11(15)8(2)3/h5-6,8-9,16H,4,7H2,1-3H3,(H2,12,14). The van der Waals surface area contributed by atoms with Crippen LogP contribution in [0.5, 0.6) is 0 Å². The number of hydrogen-bond acceptors (Lipinski definition) is 3. The third-order valence-corrected chi connectivity index (χ3v) is 2.65. The highest BCUT2D eigenvalue weighted by Crippen LogP contribution is 2.22. The number of oxime groups is 1. The fraction of sp³-hybridized carbons (Fsp3) is 0.636. The van der Waals surface area contributed by atoms with Gasteiger partial charge in [-0.2, -0.15) is 0 Å². The molecule has 0 amide bonds. The molecule has 90 valence electrons. The van der Waals surface area contributed by atoms with Gasteiger partial charge in [-0.15, -0.1) is 0 Å². The lowest BCUT2D eigenvalue weighted by Gasteiger charge is -2.20. The smallest absolute Gasteiger partial charge is 0.141 e. The largest absolute Gasteiger partial charge is 0.409 e. The summed E-state index contributed by atoms with van der Waals surface area (Å²) in [5.74, 6) is 1.67. The number of nitrogens with two attached hydrogens (primary N) is 1. The lowest BCUT2D eigenvalue weighted by Crippen LogP contribution is -2.20. The third kappa shape index (κ3) is 2.74. The normalized spacial score (nSPS) is 14.4. The van der Waals surface area contributed by atoms with Crippen LogP contribution in [-0.2, 0) is 0 Å². The van der Waals surface area contributed by atoms with Gasteiger partial charge in [-0.1, -0.05) is 25.9 Å². The maximum Gasteiger partial charge on any atom is 0.141 e. The monoisotopic (exact) mass is 224 g/mol. The first-order valence-electron chi connectivity index (χ1n) is 5.59. The molecule has 0 radical (unpaired) electrons. The number of aromatic nitrogens is 2. The molecule has 1 rings (SSSR count). The molecule has 1 unspecified atom stereocenters. The zero-order valence-corrected chi connectivity index (χ0v) is 10.1. The number of hydrogen-bond donors (Lipinski definition) is 2. The van der Waals surface area contributed by atoms with E-state index >= 15 is 0 Å². The zero-order valence-electron chi connectivity index (χ0n) is 10.1. The Kier molecular flexibility index (Phi) is 4.34. The molecule has 0 aliphatic heterocycles. The van der Waals surface area contributed by atoms with Crippen molar-refractivity contribution in [3.63, 3.8) is 0 Å². The lowest BCUT2D eigenvalue weighted by molar-refractivity contribution is 0.314. The minimum absolute atomic E-state index is 0.204. The van der Waals surface area contributed by atoms with E-state index in [0.717, 1.165) is 12.2 Å². The summed E-state index contributed by atoms with van der Waals surface area (Å²) in [6.07, 6.45) is 5.22. The molecule has 0 aliphatic carbocycles. The van der Waals surface area contributed by atoms with E-state index < -0.39 is 0 Å². The molecule has 1 aromatic heterocycles. The van der Waals surface area contributed by atoms with Gasteiger partial charge >= 0.3 is 0 Å². The van der Waals surface area contributed by atoms with Crippen LogP contribution in [0.1, 0.15) is 51.4 Å². The van der Waals surface area contributed by atoms with Crippen LogP contribution < -0.4 is 5.73 Å². The molecular formula is C11H20N4O. The minimum atomic E-state index is 0.204. The molecule has 0 aliphatic rings. The van der Waals surface area contributed by atoms with E-state index in [1.165, 1.54) is 0 Å². The van der Waals surface area contributed by atoms with Gasteiger partial charge in [0, 0.05) is 30.8 Å². The van der Waals surface area contributed by atoms with Crippen molar-refractivity contribution in [3.05, 3.63) is 18.2 Å². The summed E-state index contributed by atoms with van der Waals surface area (Å²) in [4.78, 5) is 4.34. The second-order valence-electron chi connectivity index (χ2n) is 4.20. The molecule has 0 spiro atoms. The molecule has 1 aromatic rings. The molecule has 5 nitrogen and oxygen atoms in total. The molecule has 0 saturated carbocycles. The van der Waals surface area contributed by atoms with Crippen molar-refractivity contribution in [2.45, 2.75) is 45.6 Å². The van der Waals surface area contributed by atoms with Gasteiger partial charge in [0.15, 0.2) is 0 Å². The summed E-state index contributed by atoms with van der Waals surface area (Å²) in [7, 11) is 0. The summed E-state index contributed by atoms with van der Waals surface area (Å²) >= 11 is 0. The van der Waals surface area contributed by atoms with Crippen LogP contribution in [0, 0.1) is 0 Å². The molecular weight excluding hydrogens is 204 g/mol. The zero-order chi connectivity index (χ0) is 12.1. The molecule has 5 heteroatoms. The van der Waals surface area contributed by atoms with Crippen LogP contribution in [0.2, 0.25) is 0 Å². The van der Waals surface area contributed by atoms with Crippen molar-refractivity contribution in [2.75, 3.05) is 0 Å². The molecule has 0 bridgehead atoms. The summed E-state index contributed by atoms with van der Waals surface area (Å²) in [5, 5.41) is 11.6. The van der Waals surface area contributed by atoms with Gasteiger partial charge in [-0.25, -0.2) is 4.98 Å². The summed E-state index contributed by atoms with van der Waals surface area (Å²) in [6.45, 7) is 6.30. The van der Waals surface area contributed by atoms with Crippen LogP contribution in [0.25, 0.3) is 0 Å². The van der Waals surface area contributed by atoms with Crippen LogP contribution in [0.3, 0.4) is 0 Å². The van der Waals surface area contributed by atoms with Crippen LogP contribution in [0.15, 0.2) is 17.5 Å². The summed E-state index contributed by atoms with van der Waals surface area (Å²) in [5.41, 5.74) is 5.55. The third-order valence-electron chi connectivity index (χ3n) is 2.65. The van der Waals surface area contributed by atoms with E-state index in [2.05, 4.69) is 35.5 Å². The fourth-order valence-corrected chi connectivity index (χ4v) is 1.80. The highest BCUT2D eigenvalue weighted by Gasteiger charge is 2.16. The van der Waals surface area contributed by atoms with Gasteiger partial charge in [0.2, 0.25) is 0 Å². The van der Waals surface area contributed by atoms with Crippen molar-refractivity contribution in [2.24, 2.45) is 10.9 Å². The molecule has 0 fully saturated rings. The Labute approximate surface area is 96.0 Å². The van der Waals surface area contributed by atoms with E-state index in [1.54, 1.807) is 6.20 Å². The lowest BCUT2D eigenvalue weighted by atomic mass is 10.1. The van der Waals surface area contributed by atoms with Gasteiger partial charge in [0.05, 0.1) is 0 Å². The quantitative estimate of drug-likeness (QED) is 0.348. The first-order chi connectivity index (χ1) is 7.60. The van der Waals surface area contributed by atoms with Crippen molar-refractivity contribution < 1.29 is 5.21 Å². The predicted molar refractivity (Wildman–Crippen MR) is 63.7 cm³/mol. The topological polar surface area (TPSA) is 76.4 Å². The highest BCUT2D eigenvalue weighted by molar-refractivity contribution is 5.80.